The Labute approximate surface area is 143 Å². The zero-order valence-electron chi connectivity index (χ0n) is 14.1. The number of fused-ring (bicyclic) bond motifs is 2. The second kappa shape index (κ2) is 7.36. The van der Waals surface area contributed by atoms with Gasteiger partial charge in [-0.2, -0.15) is 0 Å². The lowest BCUT2D eigenvalue weighted by molar-refractivity contribution is 0.193. The Morgan fingerprint density at radius 3 is 2.83 bits per heavy atom. The average molecular weight is 326 g/mol. The Morgan fingerprint density at radius 1 is 1.12 bits per heavy atom. The van der Waals surface area contributed by atoms with Crippen LogP contribution in [0.5, 0.6) is 5.75 Å². The van der Waals surface area contributed by atoms with E-state index in [0.29, 0.717) is 12.6 Å². The van der Waals surface area contributed by atoms with Crippen LogP contribution in [0.25, 0.3) is 0 Å². The number of hydrogen-bond acceptors (Lipinski definition) is 4. The summed E-state index contributed by atoms with van der Waals surface area (Å²) in [6.07, 6.45) is 9.55. The number of nitrogens with zero attached hydrogens (tertiary/aromatic N) is 3. The first kappa shape index (κ1) is 15.7. The molecule has 2 aromatic rings. The van der Waals surface area contributed by atoms with Gasteiger partial charge >= 0.3 is 0 Å². The van der Waals surface area contributed by atoms with Crippen LogP contribution in [0.1, 0.15) is 24.8 Å². The molecular formula is C19H26N4O. The van der Waals surface area contributed by atoms with E-state index in [1.54, 1.807) is 6.20 Å². The fraction of sp³-hybridized carbons (Fsp3) is 0.526. The van der Waals surface area contributed by atoms with Crippen molar-refractivity contribution in [2.24, 2.45) is 0 Å². The Kier molecular flexibility index (Phi) is 4.81. The summed E-state index contributed by atoms with van der Waals surface area (Å²) < 4.78 is 7.85. The Balaban J connectivity index is 1.30. The quantitative estimate of drug-likeness (QED) is 0.884. The molecule has 2 fully saturated rings. The first-order valence-electron chi connectivity index (χ1n) is 9.02. The molecule has 24 heavy (non-hydrogen) atoms. The van der Waals surface area contributed by atoms with E-state index >= 15 is 0 Å². The van der Waals surface area contributed by atoms with Gasteiger partial charge in [-0.3, -0.25) is 4.90 Å². The van der Waals surface area contributed by atoms with Crippen LogP contribution in [0, 0.1) is 0 Å². The molecule has 2 atom stereocenters. The van der Waals surface area contributed by atoms with Gasteiger partial charge in [0.15, 0.2) is 0 Å². The highest BCUT2D eigenvalue weighted by Crippen LogP contribution is 2.29. The SMILES string of the molecule is c1cn(CCOc2ccc(CN3[C@H]4CCNC[C@@H]3CC4)cc2)cn1. The molecule has 0 radical (unpaired) electrons. The summed E-state index contributed by atoms with van der Waals surface area (Å²) in [5.74, 6) is 0.944. The molecule has 4 rings (SSSR count). The van der Waals surface area contributed by atoms with Gasteiger partial charge in [0.1, 0.15) is 12.4 Å². The van der Waals surface area contributed by atoms with Crippen molar-refractivity contribution in [3.8, 4) is 5.75 Å². The Morgan fingerprint density at radius 2 is 2.00 bits per heavy atom. The number of hydrogen-bond donors (Lipinski definition) is 1. The van der Waals surface area contributed by atoms with Gasteiger partial charge in [0, 0.05) is 37.6 Å². The molecule has 0 aliphatic carbocycles. The smallest absolute Gasteiger partial charge is 0.119 e. The van der Waals surface area contributed by atoms with Crippen LogP contribution >= 0.6 is 0 Å². The van der Waals surface area contributed by atoms with Gasteiger partial charge in [-0.05, 0) is 43.5 Å². The molecule has 5 heteroatoms. The van der Waals surface area contributed by atoms with Gasteiger partial charge in [-0.25, -0.2) is 4.98 Å². The normalized spacial score (nSPS) is 24.0. The third-order valence-corrected chi connectivity index (χ3v) is 5.27. The van der Waals surface area contributed by atoms with E-state index in [9.17, 15) is 0 Å². The third kappa shape index (κ3) is 3.62. The molecule has 2 saturated heterocycles. The van der Waals surface area contributed by atoms with Crippen molar-refractivity contribution >= 4 is 0 Å². The Hall–Kier alpha value is -1.85. The fourth-order valence-corrected chi connectivity index (χ4v) is 3.93. The number of aromatic nitrogens is 2. The van der Waals surface area contributed by atoms with Crippen molar-refractivity contribution < 1.29 is 4.74 Å². The van der Waals surface area contributed by atoms with Crippen molar-refractivity contribution in [2.75, 3.05) is 19.7 Å². The highest BCUT2D eigenvalue weighted by molar-refractivity contribution is 5.27. The van der Waals surface area contributed by atoms with Crippen LogP contribution in [-0.2, 0) is 13.1 Å². The zero-order chi connectivity index (χ0) is 16.2. The van der Waals surface area contributed by atoms with Gasteiger partial charge in [-0.1, -0.05) is 12.1 Å². The predicted molar refractivity (Wildman–Crippen MR) is 94.0 cm³/mol. The summed E-state index contributed by atoms with van der Waals surface area (Å²) >= 11 is 0. The van der Waals surface area contributed by atoms with Gasteiger partial charge in [-0.15, -0.1) is 0 Å². The van der Waals surface area contributed by atoms with Crippen LogP contribution in [-0.4, -0.2) is 46.2 Å². The first-order chi connectivity index (χ1) is 11.9. The lowest BCUT2D eigenvalue weighted by Gasteiger charge is -2.27. The number of nitrogens with one attached hydrogen (secondary N) is 1. The largest absolute Gasteiger partial charge is 0.492 e. The maximum Gasteiger partial charge on any atom is 0.119 e. The summed E-state index contributed by atoms with van der Waals surface area (Å²) in [5.41, 5.74) is 1.38. The third-order valence-electron chi connectivity index (χ3n) is 5.27. The van der Waals surface area contributed by atoms with Gasteiger partial charge < -0.3 is 14.6 Å². The van der Waals surface area contributed by atoms with E-state index < -0.39 is 0 Å². The monoisotopic (exact) mass is 326 g/mol. The van der Waals surface area contributed by atoms with Gasteiger partial charge in [0.2, 0.25) is 0 Å². The molecular weight excluding hydrogens is 300 g/mol. The number of ether oxygens (including phenoxy) is 1. The van der Waals surface area contributed by atoms with E-state index in [2.05, 4.69) is 39.5 Å². The summed E-state index contributed by atoms with van der Waals surface area (Å²) in [5, 5.41) is 3.57. The maximum atomic E-state index is 5.83. The number of imidazole rings is 1. The zero-order valence-corrected chi connectivity index (χ0v) is 14.1. The maximum absolute atomic E-state index is 5.83. The minimum Gasteiger partial charge on any atom is -0.492 e. The minimum absolute atomic E-state index is 0.664. The molecule has 3 heterocycles. The molecule has 2 aliphatic heterocycles. The highest BCUT2D eigenvalue weighted by atomic mass is 16.5. The second-order valence-electron chi connectivity index (χ2n) is 6.84. The molecule has 2 aliphatic rings. The molecule has 0 spiro atoms. The van der Waals surface area contributed by atoms with E-state index in [0.717, 1.165) is 31.4 Å². The number of benzene rings is 1. The van der Waals surface area contributed by atoms with Gasteiger partial charge in [0.05, 0.1) is 12.9 Å². The topological polar surface area (TPSA) is 42.3 Å². The molecule has 0 amide bonds. The van der Waals surface area contributed by atoms with Crippen LogP contribution in [0.15, 0.2) is 43.0 Å². The second-order valence-corrected chi connectivity index (χ2v) is 6.84. The lowest BCUT2D eigenvalue weighted by atomic mass is 10.1. The van der Waals surface area contributed by atoms with Crippen LogP contribution in [0.2, 0.25) is 0 Å². The summed E-state index contributed by atoms with van der Waals surface area (Å²) in [6.45, 7) is 4.86. The minimum atomic E-state index is 0.664. The predicted octanol–water partition coefficient (Wildman–Crippen LogP) is 2.29. The molecule has 0 unspecified atom stereocenters. The number of rotatable bonds is 6. The molecule has 1 aromatic carbocycles. The molecule has 1 N–H and O–H groups in total. The van der Waals surface area contributed by atoms with Crippen molar-refractivity contribution in [1.82, 2.24) is 19.8 Å². The summed E-state index contributed by atoms with van der Waals surface area (Å²) in [7, 11) is 0. The molecule has 2 bridgehead atoms. The van der Waals surface area contributed by atoms with Crippen molar-refractivity contribution in [2.45, 2.75) is 44.4 Å². The first-order valence-corrected chi connectivity index (χ1v) is 9.02. The van der Waals surface area contributed by atoms with E-state index in [1.807, 2.05) is 17.1 Å². The van der Waals surface area contributed by atoms with Crippen molar-refractivity contribution in [3.63, 3.8) is 0 Å². The molecule has 128 valence electrons. The highest BCUT2D eigenvalue weighted by Gasteiger charge is 2.34. The summed E-state index contributed by atoms with van der Waals surface area (Å²) in [4.78, 5) is 6.74. The van der Waals surface area contributed by atoms with Gasteiger partial charge in [0.25, 0.3) is 0 Å². The fourth-order valence-electron chi connectivity index (χ4n) is 3.93. The van der Waals surface area contributed by atoms with Crippen molar-refractivity contribution in [1.29, 1.82) is 0 Å². The molecule has 0 saturated carbocycles. The van der Waals surface area contributed by atoms with Crippen molar-refractivity contribution in [3.05, 3.63) is 48.5 Å². The molecule has 5 nitrogen and oxygen atoms in total. The van der Waals surface area contributed by atoms with Crippen LogP contribution in [0.3, 0.4) is 0 Å². The van der Waals surface area contributed by atoms with E-state index in [1.165, 1.54) is 31.4 Å². The van der Waals surface area contributed by atoms with Crippen LogP contribution in [0.4, 0.5) is 0 Å². The average Bonchev–Trinajstić information content (AvgIpc) is 3.17. The summed E-state index contributed by atoms with van der Waals surface area (Å²) in [6, 6.07) is 10.1. The van der Waals surface area contributed by atoms with E-state index in [4.69, 9.17) is 4.74 Å². The standard InChI is InChI=1S/C19H26N4O/c1-5-19(24-12-11-22-10-9-21-15-22)6-2-16(1)14-23-17-3-4-18(23)13-20-8-7-17/h1-2,5-6,9-10,15,17-18,20H,3-4,7-8,11-14H2/t17-,18+/m1/s1. The Bertz CT molecular complexity index is 611. The molecule has 1 aromatic heterocycles. The van der Waals surface area contributed by atoms with Crippen LogP contribution < -0.4 is 10.1 Å². The lowest BCUT2D eigenvalue weighted by Crippen LogP contribution is -2.37. The van der Waals surface area contributed by atoms with E-state index in [-0.39, 0.29) is 0 Å².